The maximum Gasteiger partial charge on any atom is 0.324 e. The van der Waals surface area contributed by atoms with Crippen molar-refractivity contribution in [3.05, 3.63) is 53.6 Å². The summed E-state index contributed by atoms with van der Waals surface area (Å²) in [6.07, 6.45) is -0.146. The summed E-state index contributed by atoms with van der Waals surface area (Å²) >= 11 is 0. The van der Waals surface area contributed by atoms with Gasteiger partial charge in [-0.15, -0.1) is 0 Å². The third-order valence-corrected chi connectivity index (χ3v) is 5.65. The Morgan fingerprint density at radius 3 is 2.62 bits per heavy atom. The molecule has 2 heterocycles. The second-order valence-corrected chi connectivity index (χ2v) is 8.00. The summed E-state index contributed by atoms with van der Waals surface area (Å²) in [6.45, 7) is 4.34. The van der Waals surface area contributed by atoms with Crippen LogP contribution in [-0.2, 0) is 14.4 Å². The molecule has 1 atom stereocenters. The fourth-order valence-electron chi connectivity index (χ4n) is 4.02. The lowest BCUT2D eigenvalue weighted by Crippen LogP contribution is -2.53. The molecule has 0 aromatic heterocycles. The van der Waals surface area contributed by atoms with E-state index in [0.717, 1.165) is 16.0 Å². The fraction of sp³-hybridized carbons (Fsp3) is 0.304. The lowest BCUT2D eigenvalue weighted by molar-refractivity contribution is -0.127. The summed E-state index contributed by atoms with van der Waals surface area (Å²) in [5.74, 6) is -1.14. The summed E-state index contributed by atoms with van der Waals surface area (Å²) in [5, 5.41) is 8.27. The SMILES string of the molecule is Cc1ccc(NC(=O)C[C@@H]2C(=O)Nc3ccccc3N2CC(=O)N2CCNC2=O)c(C)c1. The molecule has 0 saturated carbocycles. The predicted octanol–water partition coefficient (Wildman–Crippen LogP) is 2.01. The van der Waals surface area contributed by atoms with Crippen LogP contribution in [-0.4, -0.2) is 54.3 Å². The highest BCUT2D eigenvalue weighted by molar-refractivity contribution is 6.08. The van der Waals surface area contributed by atoms with Gasteiger partial charge in [-0.1, -0.05) is 29.8 Å². The molecule has 0 radical (unpaired) electrons. The second kappa shape index (κ2) is 8.70. The third-order valence-electron chi connectivity index (χ3n) is 5.65. The van der Waals surface area contributed by atoms with E-state index in [1.54, 1.807) is 29.2 Å². The van der Waals surface area contributed by atoms with Gasteiger partial charge in [0.1, 0.15) is 6.04 Å². The van der Waals surface area contributed by atoms with Gasteiger partial charge in [-0.2, -0.15) is 0 Å². The molecule has 0 bridgehead atoms. The number of para-hydroxylation sites is 2. The molecule has 9 nitrogen and oxygen atoms in total. The molecule has 2 aromatic rings. The van der Waals surface area contributed by atoms with Crippen molar-refractivity contribution in [2.75, 3.05) is 35.2 Å². The smallest absolute Gasteiger partial charge is 0.324 e. The first kappa shape index (κ1) is 21.4. The molecule has 9 heteroatoms. The van der Waals surface area contributed by atoms with Crippen molar-refractivity contribution in [2.45, 2.75) is 26.3 Å². The van der Waals surface area contributed by atoms with Crippen LogP contribution in [0.2, 0.25) is 0 Å². The number of rotatable bonds is 5. The summed E-state index contributed by atoms with van der Waals surface area (Å²) in [4.78, 5) is 53.2. The van der Waals surface area contributed by atoms with Crippen LogP contribution in [0.1, 0.15) is 17.5 Å². The van der Waals surface area contributed by atoms with Crippen molar-refractivity contribution in [3.8, 4) is 0 Å². The maximum absolute atomic E-state index is 12.9. The lowest BCUT2D eigenvalue weighted by Gasteiger charge is -2.37. The summed E-state index contributed by atoms with van der Waals surface area (Å²) in [5.41, 5.74) is 3.86. The van der Waals surface area contributed by atoms with E-state index >= 15 is 0 Å². The second-order valence-electron chi connectivity index (χ2n) is 8.00. The van der Waals surface area contributed by atoms with Crippen LogP contribution < -0.4 is 20.9 Å². The summed E-state index contributed by atoms with van der Waals surface area (Å²) < 4.78 is 0. The third kappa shape index (κ3) is 4.27. The first-order chi connectivity index (χ1) is 15.3. The maximum atomic E-state index is 12.9. The molecule has 4 rings (SSSR count). The molecule has 2 aromatic carbocycles. The van der Waals surface area contributed by atoms with Gasteiger partial charge in [0.2, 0.25) is 17.7 Å². The van der Waals surface area contributed by atoms with Crippen LogP contribution in [0.25, 0.3) is 0 Å². The predicted molar refractivity (Wildman–Crippen MR) is 120 cm³/mol. The molecule has 2 aliphatic heterocycles. The average Bonchev–Trinajstić information content (AvgIpc) is 3.18. The Labute approximate surface area is 185 Å². The van der Waals surface area contributed by atoms with Gasteiger partial charge in [-0.25, -0.2) is 4.79 Å². The Morgan fingerprint density at radius 2 is 1.91 bits per heavy atom. The van der Waals surface area contributed by atoms with Gasteiger partial charge < -0.3 is 20.9 Å². The van der Waals surface area contributed by atoms with Crippen molar-refractivity contribution < 1.29 is 19.2 Å². The Balaban J connectivity index is 1.56. The minimum atomic E-state index is -0.898. The molecule has 166 valence electrons. The van der Waals surface area contributed by atoms with Gasteiger partial charge in [0, 0.05) is 18.8 Å². The molecule has 1 saturated heterocycles. The van der Waals surface area contributed by atoms with E-state index in [4.69, 9.17) is 0 Å². The zero-order valence-electron chi connectivity index (χ0n) is 18.0. The van der Waals surface area contributed by atoms with Gasteiger partial charge in [0.05, 0.1) is 24.3 Å². The summed E-state index contributed by atoms with van der Waals surface area (Å²) in [7, 11) is 0. The minimum Gasteiger partial charge on any atom is -0.348 e. The molecule has 32 heavy (non-hydrogen) atoms. The zero-order chi connectivity index (χ0) is 22.8. The monoisotopic (exact) mass is 435 g/mol. The van der Waals surface area contributed by atoms with Crippen LogP contribution >= 0.6 is 0 Å². The Morgan fingerprint density at radius 1 is 1.12 bits per heavy atom. The number of carbonyl (C=O) groups is 4. The highest BCUT2D eigenvalue weighted by atomic mass is 16.2. The van der Waals surface area contributed by atoms with Gasteiger partial charge in [0.15, 0.2) is 0 Å². The van der Waals surface area contributed by atoms with E-state index < -0.39 is 18.0 Å². The highest BCUT2D eigenvalue weighted by Gasteiger charge is 2.37. The molecule has 2 aliphatic rings. The van der Waals surface area contributed by atoms with Crippen LogP contribution in [0.5, 0.6) is 0 Å². The molecule has 0 unspecified atom stereocenters. The molecule has 0 spiro atoms. The number of hydrogen-bond acceptors (Lipinski definition) is 5. The normalized spacial score (nSPS) is 17.5. The van der Waals surface area contributed by atoms with Crippen molar-refractivity contribution >= 4 is 40.8 Å². The zero-order valence-corrected chi connectivity index (χ0v) is 18.0. The molecule has 0 aliphatic carbocycles. The van der Waals surface area contributed by atoms with Crippen LogP contribution in [0.3, 0.4) is 0 Å². The number of imide groups is 1. The molecule has 1 fully saturated rings. The molecular formula is C23H25N5O4. The van der Waals surface area contributed by atoms with Crippen LogP contribution in [0.15, 0.2) is 42.5 Å². The number of carbonyl (C=O) groups excluding carboxylic acids is 4. The Bertz CT molecular complexity index is 1100. The number of benzene rings is 2. The average molecular weight is 435 g/mol. The fourth-order valence-corrected chi connectivity index (χ4v) is 4.02. The van der Waals surface area contributed by atoms with E-state index in [1.807, 2.05) is 32.0 Å². The first-order valence-corrected chi connectivity index (χ1v) is 10.5. The highest BCUT2D eigenvalue weighted by Crippen LogP contribution is 2.33. The number of fused-ring (bicyclic) bond motifs is 1. The summed E-state index contributed by atoms with van der Waals surface area (Å²) in [6, 6.07) is 11.4. The van der Waals surface area contributed by atoms with E-state index in [2.05, 4.69) is 16.0 Å². The van der Waals surface area contributed by atoms with E-state index in [9.17, 15) is 19.2 Å². The van der Waals surface area contributed by atoms with Gasteiger partial charge in [0.25, 0.3) is 0 Å². The number of urea groups is 1. The first-order valence-electron chi connectivity index (χ1n) is 10.5. The van der Waals surface area contributed by atoms with E-state index in [1.165, 1.54) is 0 Å². The molecule has 5 amide bonds. The van der Waals surface area contributed by atoms with E-state index in [0.29, 0.717) is 23.6 Å². The Hall–Kier alpha value is -3.88. The van der Waals surface area contributed by atoms with E-state index in [-0.39, 0.29) is 31.3 Å². The number of anilines is 3. The van der Waals surface area contributed by atoms with Gasteiger partial charge in [-0.3, -0.25) is 19.3 Å². The van der Waals surface area contributed by atoms with Crippen molar-refractivity contribution in [1.82, 2.24) is 10.2 Å². The van der Waals surface area contributed by atoms with Crippen molar-refractivity contribution in [3.63, 3.8) is 0 Å². The minimum absolute atomic E-state index is 0.146. The van der Waals surface area contributed by atoms with Gasteiger partial charge in [-0.05, 0) is 37.6 Å². The number of hydrogen-bond donors (Lipinski definition) is 3. The van der Waals surface area contributed by atoms with Gasteiger partial charge >= 0.3 is 6.03 Å². The lowest BCUT2D eigenvalue weighted by atomic mass is 10.0. The van der Waals surface area contributed by atoms with Crippen molar-refractivity contribution in [2.24, 2.45) is 0 Å². The number of nitrogens with one attached hydrogen (secondary N) is 3. The largest absolute Gasteiger partial charge is 0.348 e. The number of nitrogens with zero attached hydrogens (tertiary/aromatic N) is 2. The number of amides is 5. The standard InChI is InChI=1S/C23H25N5O4/c1-14-7-8-16(15(2)11-14)25-20(29)12-19-22(31)26-17-5-3-4-6-18(17)28(19)13-21(30)27-10-9-24-23(27)32/h3-8,11,19H,9-10,12-13H2,1-2H3,(H,24,32)(H,25,29)(H,26,31)/t19-/m1/s1. The quantitative estimate of drug-likeness (QED) is 0.665. The van der Waals surface area contributed by atoms with Crippen molar-refractivity contribution in [1.29, 1.82) is 0 Å². The van der Waals surface area contributed by atoms with Crippen LogP contribution in [0.4, 0.5) is 21.9 Å². The topological polar surface area (TPSA) is 111 Å². The Kier molecular flexibility index (Phi) is 5.81. The van der Waals surface area contributed by atoms with Crippen LogP contribution in [0, 0.1) is 13.8 Å². The number of aryl methyl sites for hydroxylation is 2. The molecule has 3 N–H and O–H groups in total. The molecular weight excluding hydrogens is 410 g/mol.